The highest BCUT2D eigenvalue weighted by Gasteiger charge is 2.30. The highest BCUT2D eigenvalue weighted by Crippen LogP contribution is 2.38. The van der Waals surface area contributed by atoms with Gasteiger partial charge in [0.05, 0.1) is 24.5 Å². The van der Waals surface area contributed by atoms with Crippen LogP contribution in [0.25, 0.3) is 0 Å². The molecule has 7 heteroatoms. The minimum absolute atomic E-state index is 0.487. The summed E-state index contributed by atoms with van der Waals surface area (Å²) in [6.45, 7) is 3.12. The summed E-state index contributed by atoms with van der Waals surface area (Å²) in [7, 11) is 0. The van der Waals surface area contributed by atoms with Crippen molar-refractivity contribution in [3.8, 4) is 0 Å². The molecule has 1 N–H and O–H groups in total. The van der Waals surface area contributed by atoms with Crippen LogP contribution in [0.15, 0.2) is 40.9 Å². The fourth-order valence-corrected chi connectivity index (χ4v) is 3.45. The van der Waals surface area contributed by atoms with Gasteiger partial charge in [0.15, 0.2) is 5.82 Å². The summed E-state index contributed by atoms with van der Waals surface area (Å²) in [6.07, 6.45) is 1.63. The van der Waals surface area contributed by atoms with E-state index >= 15 is 0 Å². The number of hydrogen-bond donors (Lipinski definition) is 1. The van der Waals surface area contributed by atoms with E-state index in [2.05, 4.69) is 20.1 Å². The molecule has 1 aliphatic heterocycles. The van der Waals surface area contributed by atoms with Crippen molar-refractivity contribution >= 4 is 0 Å². The Morgan fingerprint density at radius 1 is 1.19 bits per heavy atom. The standard InChI is InChI=1S/C19H21N5O2/c25-18(13-4-2-1-3-5-13)16-10-15-11-23(8-9-24(15)21-16)12-17-20-19(26-22-17)14-6-7-14/h1-5,10,14,18,25H,6-9,11-12H2/t18-/m1/s1. The van der Waals surface area contributed by atoms with E-state index in [-0.39, 0.29) is 0 Å². The van der Waals surface area contributed by atoms with E-state index < -0.39 is 6.10 Å². The van der Waals surface area contributed by atoms with E-state index in [9.17, 15) is 5.11 Å². The second kappa shape index (κ2) is 6.34. The van der Waals surface area contributed by atoms with Gasteiger partial charge in [0.25, 0.3) is 0 Å². The number of benzene rings is 1. The Bertz CT molecular complexity index is 900. The summed E-state index contributed by atoms with van der Waals surface area (Å²) in [5, 5.41) is 19.3. The van der Waals surface area contributed by atoms with Crippen molar-refractivity contribution in [3.63, 3.8) is 0 Å². The Balaban J connectivity index is 1.29. The second-order valence-electron chi connectivity index (χ2n) is 7.13. The van der Waals surface area contributed by atoms with Crippen LogP contribution in [0.2, 0.25) is 0 Å². The lowest BCUT2D eigenvalue weighted by Gasteiger charge is -2.26. The zero-order valence-electron chi connectivity index (χ0n) is 14.5. The van der Waals surface area contributed by atoms with E-state index in [0.29, 0.717) is 18.2 Å². The van der Waals surface area contributed by atoms with Gasteiger partial charge in [-0.15, -0.1) is 0 Å². The Hall–Kier alpha value is -2.51. The lowest BCUT2D eigenvalue weighted by Crippen LogP contribution is -2.33. The van der Waals surface area contributed by atoms with Crippen molar-refractivity contribution in [2.24, 2.45) is 0 Å². The van der Waals surface area contributed by atoms with Crippen molar-refractivity contribution < 1.29 is 9.63 Å². The van der Waals surface area contributed by atoms with Gasteiger partial charge in [0.1, 0.15) is 6.10 Å². The molecule has 0 unspecified atom stereocenters. The van der Waals surface area contributed by atoms with Crippen LogP contribution in [0.4, 0.5) is 0 Å². The number of aliphatic hydroxyl groups is 1. The average molecular weight is 351 g/mol. The molecule has 0 saturated heterocycles. The lowest BCUT2D eigenvalue weighted by atomic mass is 10.1. The van der Waals surface area contributed by atoms with Gasteiger partial charge in [-0.2, -0.15) is 10.1 Å². The van der Waals surface area contributed by atoms with Crippen molar-refractivity contribution in [1.29, 1.82) is 0 Å². The predicted molar refractivity (Wildman–Crippen MR) is 93.1 cm³/mol. The van der Waals surface area contributed by atoms with Crippen LogP contribution < -0.4 is 0 Å². The molecule has 26 heavy (non-hydrogen) atoms. The van der Waals surface area contributed by atoms with Crippen LogP contribution in [0, 0.1) is 0 Å². The molecule has 0 radical (unpaired) electrons. The van der Waals surface area contributed by atoms with E-state index in [4.69, 9.17) is 4.52 Å². The Labute approximate surface area is 151 Å². The van der Waals surface area contributed by atoms with Gasteiger partial charge in [0.2, 0.25) is 5.89 Å². The molecule has 5 rings (SSSR count). The fraction of sp³-hybridized carbons (Fsp3) is 0.421. The maximum Gasteiger partial charge on any atom is 0.229 e. The molecule has 134 valence electrons. The number of fused-ring (bicyclic) bond motifs is 1. The Morgan fingerprint density at radius 3 is 2.85 bits per heavy atom. The van der Waals surface area contributed by atoms with Crippen LogP contribution >= 0.6 is 0 Å². The summed E-state index contributed by atoms with van der Waals surface area (Å²) in [6, 6.07) is 11.6. The van der Waals surface area contributed by atoms with Gasteiger partial charge >= 0.3 is 0 Å². The molecular formula is C19H21N5O2. The molecule has 3 aromatic rings. The maximum absolute atomic E-state index is 10.6. The third kappa shape index (κ3) is 3.04. The SMILES string of the molecule is O[C@H](c1ccccc1)c1cc2n(n1)CCN(Cc1noc(C3CC3)n1)C2. The molecule has 0 spiro atoms. The van der Waals surface area contributed by atoms with Gasteiger partial charge in [-0.3, -0.25) is 9.58 Å². The fourth-order valence-electron chi connectivity index (χ4n) is 3.45. The first kappa shape index (κ1) is 15.7. The maximum atomic E-state index is 10.6. The summed E-state index contributed by atoms with van der Waals surface area (Å²) < 4.78 is 7.34. The third-order valence-corrected chi connectivity index (χ3v) is 5.07. The summed E-state index contributed by atoms with van der Waals surface area (Å²) >= 11 is 0. The quantitative estimate of drug-likeness (QED) is 0.759. The molecule has 2 aromatic heterocycles. The zero-order chi connectivity index (χ0) is 17.5. The van der Waals surface area contributed by atoms with Crippen LogP contribution in [-0.2, 0) is 19.6 Å². The molecule has 3 heterocycles. The smallest absolute Gasteiger partial charge is 0.229 e. The van der Waals surface area contributed by atoms with Crippen molar-refractivity contribution in [1.82, 2.24) is 24.8 Å². The molecule has 1 fully saturated rings. The monoisotopic (exact) mass is 351 g/mol. The summed E-state index contributed by atoms with van der Waals surface area (Å²) in [4.78, 5) is 6.80. The second-order valence-corrected chi connectivity index (χ2v) is 7.13. The zero-order valence-corrected chi connectivity index (χ0v) is 14.5. The van der Waals surface area contributed by atoms with Gasteiger partial charge < -0.3 is 9.63 Å². The van der Waals surface area contributed by atoms with E-state index in [1.165, 1.54) is 0 Å². The highest BCUT2D eigenvalue weighted by atomic mass is 16.5. The number of aliphatic hydroxyl groups excluding tert-OH is 1. The van der Waals surface area contributed by atoms with E-state index in [0.717, 1.165) is 55.4 Å². The third-order valence-electron chi connectivity index (χ3n) is 5.07. The van der Waals surface area contributed by atoms with Crippen molar-refractivity contribution in [2.75, 3.05) is 6.54 Å². The van der Waals surface area contributed by atoms with E-state index in [1.54, 1.807) is 0 Å². The topological polar surface area (TPSA) is 80.2 Å². The minimum Gasteiger partial charge on any atom is -0.382 e. The van der Waals surface area contributed by atoms with Crippen LogP contribution in [0.5, 0.6) is 0 Å². The molecule has 0 amide bonds. The largest absolute Gasteiger partial charge is 0.382 e. The molecule has 7 nitrogen and oxygen atoms in total. The Kier molecular flexibility index (Phi) is 3.83. The van der Waals surface area contributed by atoms with Gasteiger partial charge in [-0.25, -0.2) is 0 Å². The van der Waals surface area contributed by atoms with Gasteiger partial charge in [-0.05, 0) is 24.5 Å². The molecule has 1 saturated carbocycles. The summed E-state index contributed by atoms with van der Waals surface area (Å²) in [5.41, 5.74) is 2.66. The first-order valence-electron chi connectivity index (χ1n) is 9.11. The first-order valence-corrected chi connectivity index (χ1v) is 9.11. The minimum atomic E-state index is -0.693. The molecule has 1 aromatic carbocycles. The van der Waals surface area contributed by atoms with Crippen molar-refractivity contribution in [2.45, 2.75) is 44.5 Å². The molecule has 1 atom stereocenters. The summed E-state index contributed by atoms with van der Waals surface area (Å²) in [5.74, 6) is 2.03. The molecule has 1 aliphatic carbocycles. The molecular weight excluding hydrogens is 330 g/mol. The van der Waals surface area contributed by atoms with E-state index in [1.807, 2.05) is 41.1 Å². The number of hydrogen-bond acceptors (Lipinski definition) is 6. The predicted octanol–water partition coefficient (Wildman–Crippen LogP) is 2.24. The lowest BCUT2D eigenvalue weighted by molar-refractivity contribution is 0.195. The normalized spacial score (nSPS) is 18.7. The highest BCUT2D eigenvalue weighted by molar-refractivity contribution is 5.26. The number of rotatable bonds is 5. The van der Waals surface area contributed by atoms with Gasteiger partial charge in [0, 0.05) is 19.0 Å². The number of aromatic nitrogens is 4. The van der Waals surface area contributed by atoms with Crippen molar-refractivity contribution in [3.05, 3.63) is 65.1 Å². The van der Waals surface area contributed by atoms with Crippen LogP contribution in [-0.4, -0.2) is 36.5 Å². The van der Waals surface area contributed by atoms with Crippen LogP contribution in [0.3, 0.4) is 0 Å². The Morgan fingerprint density at radius 2 is 2.04 bits per heavy atom. The van der Waals surface area contributed by atoms with Gasteiger partial charge in [-0.1, -0.05) is 35.5 Å². The number of nitrogens with zero attached hydrogens (tertiary/aromatic N) is 5. The molecule has 0 bridgehead atoms. The molecule has 2 aliphatic rings. The average Bonchev–Trinajstić information content (AvgIpc) is 3.27. The van der Waals surface area contributed by atoms with Crippen LogP contribution in [0.1, 0.15) is 53.5 Å². The first-order chi connectivity index (χ1) is 12.8.